The number of esters is 1. The molecule has 1 N–H and O–H groups in total. The summed E-state index contributed by atoms with van der Waals surface area (Å²) in [6, 6.07) is 15.0. The number of carbonyl (C=O) groups is 1. The Bertz CT molecular complexity index is 1240. The summed E-state index contributed by atoms with van der Waals surface area (Å²) >= 11 is 0. The number of aromatic nitrogens is 3. The maximum atomic E-state index is 12.3. The highest BCUT2D eigenvalue weighted by molar-refractivity contribution is 5.70. The van der Waals surface area contributed by atoms with E-state index in [0.717, 1.165) is 73.9 Å². The van der Waals surface area contributed by atoms with Gasteiger partial charge in [-0.05, 0) is 93.8 Å². The molecule has 196 valence electrons. The van der Waals surface area contributed by atoms with Crippen LogP contribution in [0.1, 0.15) is 59.8 Å². The van der Waals surface area contributed by atoms with Gasteiger partial charge in [-0.3, -0.25) is 4.79 Å². The van der Waals surface area contributed by atoms with Gasteiger partial charge in [-0.2, -0.15) is 5.10 Å². The Balaban J connectivity index is 1.23. The number of nitrogens with one attached hydrogen (secondary N) is 1. The molecule has 0 radical (unpaired) electrons. The van der Waals surface area contributed by atoms with Gasteiger partial charge in [-0.25, -0.2) is 9.67 Å². The molecule has 1 aromatic carbocycles. The number of anilines is 1. The molecular formula is C30H39N5O2. The van der Waals surface area contributed by atoms with Crippen molar-refractivity contribution in [2.24, 2.45) is 5.92 Å². The van der Waals surface area contributed by atoms with Gasteiger partial charge in [0.05, 0.1) is 24.9 Å². The average Bonchev–Trinajstić information content (AvgIpc) is 3.51. The van der Waals surface area contributed by atoms with Crippen molar-refractivity contribution in [1.29, 1.82) is 0 Å². The molecule has 1 fully saturated rings. The fourth-order valence-electron chi connectivity index (χ4n) is 5.86. The zero-order valence-electron chi connectivity index (χ0n) is 22.4. The summed E-state index contributed by atoms with van der Waals surface area (Å²) in [4.78, 5) is 19.7. The Morgan fingerprint density at radius 1 is 1.22 bits per heavy atom. The number of fused-ring (bicyclic) bond motifs is 1. The number of aryl methyl sites for hydroxylation is 4. The molecule has 2 aliphatic rings. The van der Waals surface area contributed by atoms with Crippen LogP contribution in [0.15, 0.2) is 42.5 Å². The van der Waals surface area contributed by atoms with E-state index in [2.05, 4.69) is 64.7 Å². The minimum Gasteiger partial charge on any atom is -0.469 e. The third kappa shape index (κ3) is 6.21. The number of carbonyl (C=O) groups excluding carboxylic acids is 1. The lowest BCUT2D eigenvalue weighted by atomic mass is 9.94. The molecule has 0 bridgehead atoms. The SMILES string of the molecule is COC(=O)CC(CN1CCC(CCc2ccc3c(n2)NCCC3)C1)c1cccc(-n2nc(C)cc2C)c1. The van der Waals surface area contributed by atoms with Crippen molar-refractivity contribution in [3.8, 4) is 5.69 Å². The van der Waals surface area contributed by atoms with Gasteiger partial charge in [-0.15, -0.1) is 0 Å². The van der Waals surface area contributed by atoms with E-state index in [0.29, 0.717) is 12.3 Å². The van der Waals surface area contributed by atoms with Crippen molar-refractivity contribution in [3.05, 3.63) is 70.7 Å². The molecule has 1 saturated heterocycles. The van der Waals surface area contributed by atoms with E-state index < -0.39 is 0 Å². The summed E-state index contributed by atoms with van der Waals surface area (Å²) in [6.07, 6.45) is 6.06. The number of benzene rings is 1. The number of pyridine rings is 1. The van der Waals surface area contributed by atoms with E-state index in [9.17, 15) is 4.79 Å². The molecule has 0 aliphatic carbocycles. The van der Waals surface area contributed by atoms with Crippen LogP contribution in [0, 0.1) is 19.8 Å². The van der Waals surface area contributed by atoms with Crippen LogP contribution >= 0.6 is 0 Å². The molecule has 4 heterocycles. The predicted molar refractivity (Wildman–Crippen MR) is 146 cm³/mol. The zero-order chi connectivity index (χ0) is 25.8. The minimum absolute atomic E-state index is 0.0801. The molecule has 0 amide bonds. The van der Waals surface area contributed by atoms with E-state index in [4.69, 9.17) is 9.72 Å². The molecule has 2 unspecified atom stereocenters. The molecule has 5 rings (SSSR count). The minimum atomic E-state index is -0.163. The fourth-order valence-corrected chi connectivity index (χ4v) is 5.86. The Morgan fingerprint density at radius 2 is 2.11 bits per heavy atom. The van der Waals surface area contributed by atoms with Crippen molar-refractivity contribution >= 4 is 11.8 Å². The van der Waals surface area contributed by atoms with Crippen molar-refractivity contribution in [2.45, 2.75) is 58.3 Å². The van der Waals surface area contributed by atoms with Crippen LogP contribution in [0.25, 0.3) is 5.69 Å². The second-order valence-electron chi connectivity index (χ2n) is 10.7. The number of nitrogens with zero attached hydrogens (tertiary/aromatic N) is 4. The molecule has 2 aliphatic heterocycles. The fraction of sp³-hybridized carbons (Fsp3) is 0.500. The van der Waals surface area contributed by atoms with Crippen molar-refractivity contribution in [2.75, 3.05) is 38.6 Å². The highest BCUT2D eigenvalue weighted by Gasteiger charge is 2.27. The summed E-state index contributed by atoms with van der Waals surface area (Å²) in [6.45, 7) is 8.09. The van der Waals surface area contributed by atoms with Gasteiger partial charge < -0.3 is 15.0 Å². The van der Waals surface area contributed by atoms with Gasteiger partial charge in [0.2, 0.25) is 0 Å². The Kier molecular flexibility index (Phi) is 7.89. The van der Waals surface area contributed by atoms with Crippen LogP contribution < -0.4 is 5.32 Å². The van der Waals surface area contributed by atoms with Crippen LogP contribution in [-0.4, -0.2) is 58.9 Å². The Morgan fingerprint density at radius 3 is 2.92 bits per heavy atom. The second-order valence-corrected chi connectivity index (χ2v) is 10.7. The maximum absolute atomic E-state index is 12.3. The highest BCUT2D eigenvalue weighted by atomic mass is 16.5. The number of methoxy groups -OCH3 is 1. The second kappa shape index (κ2) is 11.5. The summed E-state index contributed by atoms with van der Waals surface area (Å²) in [7, 11) is 1.47. The normalized spacial score (nSPS) is 18.3. The van der Waals surface area contributed by atoms with Crippen LogP contribution in [0.4, 0.5) is 5.82 Å². The Labute approximate surface area is 220 Å². The molecule has 2 aromatic heterocycles. The molecule has 37 heavy (non-hydrogen) atoms. The Hall–Kier alpha value is -3.19. The number of hydrogen-bond donors (Lipinski definition) is 1. The zero-order valence-corrected chi connectivity index (χ0v) is 22.4. The predicted octanol–water partition coefficient (Wildman–Crippen LogP) is 4.84. The van der Waals surface area contributed by atoms with Gasteiger partial charge in [0, 0.05) is 36.9 Å². The molecule has 0 saturated carbocycles. The van der Waals surface area contributed by atoms with E-state index in [1.54, 1.807) is 0 Å². The smallest absolute Gasteiger partial charge is 0.306 e. The number of likely N-dealkylation sites (tertiary alicyclic amines) is 1. The van der Waals surface area contributed by atoms with Crippen LogP contribution in [0.5, 0.6) is 0 Å². The summed E-state index contributed by atoms with van der Waals surface area (Å²) in [5.41, 5.74) is 6.83. The summed E-state index contributed by atoms with van der Waals surface area (Å²) in [5.74, 6) is 1.66. The first-order valence-corrected chi connectivity index (χ1v) is 13.6. The van der Waals surface area contributed by atoms with E-state index in [1.807, 2.05) is 11.6 Å². The van der Waals surface area contributed by atoms with E-state index >= 15 is 0 Å². The quantitative estimate of drug-likeness (QED) is 0.423. The van der Waals surface area contributed by atoms with Crippen molar-refractivity contribution < 1.29 is 9.53 Å². The van der Waals surface area contributed by atoms with Crippen molar-refractivity contribution in [1.82, 2.24) is 19.7 Å². The van der Waals surface area contributed by atoms with Gasteiger partial charge >= 0.3 is 5.97 Å². The van der Waals surface area contributed by atoms with Gasteiger partial charge in [0.1, 0.15) is 5.82 Å². The van der Waals surface area contributed by atoms with Crippen LogP contribution in [-0.2, 0) is 22.4 Å². The monoisotopic (exact) mass is 501 g/mol. The summed E-state index contributed by atoms with van der Waals surface area (Å²) in [5, 5.41) is 8.10. The number of ether oxygens (including phenoxy) is 1. The molecule has 7 heteroatoms. The first-order valence-electron chi connectivity index (χ1n) is 13.6. The van der Waals surface area contributed by atoms with Crippen LogP contribution in [0.2, 0.25) is 0 Å². The molecule has 2 atom stereocenters. The third-order valence-electron chi connectivity index (χ3n) is 7.85. The highest BCUT2D eigenvalue weighted by Crippen LogP contribution is 2.29. The first kappa shape index (κ1) is 25.5. The standard InChI is InChI=1S/C30H39N5O2/c1-21-16-22(2)35(33-21)28-8-4-6-25(17-28)26(18-29(36)37-3)20-34-15-13-23(19-34)9-11-27-12-10-24-7-5-14-31-30(24)32-27/h4,6,8,10,12,16-17,23,26H,5,7,9,11,13-15,18-20H2,1-3H3,(H,31,32). The average molecular weight is 502 g/mol. The molecule has 0 spiro atoms. The first-order chi connectivity index (χ1) is 18.0. The molecule has 7 nitrogen and oxygen atoms in total. The third-order valence-corrected chi connectivity index (χ3v) is 7.85. The van der Waals surface area contributed by atoms with Gasteiger partial charge in [0.15, 0.2) is 0 Å². The molecule has 3 aromatic rings. The van der Waals surface area contributed by atoms with Gasteiger partial charge in [-0.1, -0.05) is 18.2 Å². The number of rotatable bonds is 9. The lowest BCUT2D eigenvalue weighted by molar-refractivity contribution is -0.141. The number of hydrogen-bond acceptors (Lipinski definition) is 6. The summed E-state index contributed by atoms with van der Waals surface area (Å²) < 4.78 is 7.04. The largest absolute Gasteiger partial charge is 0.469 e. The van der Waals surface area contributed by atoms with E-state index in [1.165, 1.54) is 31.2 Å². The molecular weight excluding hydrogens is 462 g/mol. The topological polar surface area (TPSA) is 72.3 Å². The van der Waals surface area contributed by atoms with E-state index in [-0.39, 0.29) is 11.9 Å². The van der Waals surface area contributed by atoms with Crippen LogP contribution in [0.3, 0.4) is 0 Å². The lowest BCUT2D eigenvalue weighted by Gasteiger charge is -2.24. The van der Waals surface area contributed by atoms with Gasteiger partial charge in [0.25, 0.3) is 0 Å². The maximum Gasteiger partial charge on any atom is 0.306 e. The lowest BCUT2D eigenvalue weighted by Crippen LogP contribution is -2.28. The van der Waals surface area contributed by atoms with Crippen molar-refractivity contribution in [3.63, 3.8) is 0 Å².